The summed E-state index contributed by atoms with van der Waals surface area (Å²) in [6.45, 7) is 0.201. The van der Waals surface area contributed by atoms with Crippen LogP contribution in [-0.2, 0) is 10.2 Å². The Hall–Kier alpha value is -2.21. The number of methoxy groups -OCH3 is 1. The topological polar surface area (TPSA) is 144 Å². The maximum atomic E-state index is 11.1. The smallest absolute Gasteiger partial charge is 0.405 e. The van der Waals surface area contributed by atoms with E-state index in [4.69, 9.17) is 15.0 Å². The van der Waals surface area contributed by atoms with Crippen molar-refractivity contribution in [1.82, 2.24) is 15.0 Å². The molecule has 0 saturated heterocycles. The molecule has 0 aliphatic rings. The van der Waals surface area contributed by atoms with E-state index in [0.29, 0.717) is 25.0 Å². The molecule has 2 rings (SSSR count). The van der Waals surface area contributed by atoms with Crippen molar-refractivity contribution in [3.05, 3.63) is 35.3 Å². The van der Waals surface area contributed by atoms with Gasteiger partial charge in [-0.3, -0.25) is 0 Å². The van der Waals surface area contributed by atoms with E-state index in [-0.39, 0.29) is 6.54 Å². The Labute approximate surface area is 161 Å². The molecule has 11 heteroatoms. The molecule has 1 atom stereocenters. The molecule has 148 valence electrons. The number of amides is 1. The van der Waals surface area contributed by atoms with Gasteiger partial charge in [-0.15, -0.1) is 11.3 Å². The molecule has 0 spiro atoms. The van der Waals surface area contributed by atoms with Crippen molar-refractivity contribution in [2.45, 2.75) is 25.3 Å². The third-order valence-electron chi connectivity index (χ3n) is 3.74. The molecule has 9 nitrogen and oxygen atoms in total. The van der Waals surface area contributed by atoms with Gasteiger partial charge in [0.15, 0.2) is 0 Å². The van der Waals surface area contributed by atoms with Gasteiger partial charge in [0, 0.05) is 17.5 Å². The average Bonchev–Trinajstić information content (AvgIpc) is 3.09. The van der Waals surface area contributed by atoms with E-state index >= 15 is 0 Å². The third kappa shape index (κ3) is 7.13. The van der Waals surface area contributed by atoms with Crippen molar-refractivity contribution in [1.29, 1.82) is 0 Å². The first-order chi connectivity index (χ1) is 12.8. The van der Waals surface area contributed by atoms with Crippen molar-refractivity contribution in [2.75, 3.05) is 13.7 Å². The zero-order valence-corrected chi connectivity index (χ0v) is 16.3. The van der Waals surface area contributed by atoms with E-state index in [2.05, 4.69) is 15.0 Å². The van der Waals surface area contributed by atoms with Crippen molar-refractivity contribution in [3.63, 3.8) is 0 Å². The molecule has 1 aromatic heterocycles. The van der Waals surface area contributed by atoms with E-state index in [1.807, 2.05) is 29.6 Å². The van der Waals surface area contributed by atoms with Crippen molar-refractivity contribution in [2.24, 2.45) is 5.14 Å². The third-order valence-corrected chi connectivity index (χ3v) is 5.25. The molecular formula is C16H22N4O5S2. The number of ether oxygens (including phenoxy) is 1. The molecule has 0 bridgehead atoms. The maximum Gasteiger partial charge on any atom is 0.405 e. The highest BCUT2D eigenvalue weighted by Gasteiger charge is 2.18. The second kappa shape index (κ2) is 9.65. The van der Waals surface area contributed by atoms with E-state index < -0.39 is 22.3 Å². The van der Waals surface area contributed by atoms with Gasteiger partial charge >= 0.3 is 6.09 Å². The summed E-state index contributed by atoms with van der Waals surface area (Å²) in [7, 11) is -2.11. The Morgan fingerprint density at radius 2 is 2.04 bits per heavy atom. The van der Waals surface area contributed by atoms with Crippen LogP contribution in [-0.4, -0.2) is 38.3 Å². The SMILES string of the molecule is COc1ccc(-c2nc(C(CCCCNS(N)(=O)=O)NC(=O)O)cs2)cc1. The molecule has 0 aliphatic carbocycles. The highest BCUT2D eigenvalue weighted by Crippen LogP contribution is 2.29. The fraction of sp³-hybridized carbons (Fsp3) is 0.375. The van der Waals surface area contributed by atoms with Crippen LogP contribution in [0.1, 0.15) is 31.0 Å². The molecule has 27 heavy (non-hydrogen) atoms. The number of nitrogens with zero attached hydrogens (tertiary/aromatic N) is 1. The monoisotopic (exact) mass is 414 g/mol. The van der Waals surface area contributed by atoms with Crippen LogP contribution < -0.4 is 19.9 Å². The van der Waals surface area contributed by atoms with E-state index in [1.165, 1.54) is 11.3 Å². The van der Waals surface area contributed by atoms with Crippen molar-refractivity contribution < 1.29 is 23.1 Å². The van der Waals surface area contributed by atoms with Crippen molar-refractivity contribution >= 4 is 27.6 Å². The summed E-state index contributed by atoms with van der Waals surface area (Å²) in [4.78, 5) is 15.6. The van der Waals surface area contributed by atoms with Gasteiger partial charge < -0.3 is 15.2 Å². The Morgan fingerprint density at radius 1 is 1.33 bits per heavy atom. The van der Waals surface area contributed by atoms with Gasteiger partial charge in [0.2, 0.25) is 0 Å². The number of nitrogens with one attached hydrogen (secondary N) is 2. The van der Waals surface area contributed by atoms with Gasteiger partial charge in [-0.2, -0.15) is 8.42 Å². The highest BCUT2D eigenvalue weighted by atomic mass is 32.2. The maximum absolute atomic E-state index is 11.1. The number of carbonyl (C=O) groups is 1. The molecule has 1 amide bonds. The Bertz CT molecular complexity index is 852. The predicted molar refractivity (Wildman–Crippen MR) is 103 cm³/mol. The lowest BCUT2D eigenvalue weighted by atomic mass is 10.1. The van der Waals surface area contributed by atoms with Gasteiger partial charge in [0.25, 0.3) is 10.2 Å². The lowest BCUT2D eigenvalue weighted by Crippen LogP contribution is -2.31. The van der Waals surface area contributed by atoms with Gasteiger partial charge in [-0.1, -0.05) is 0 Å². The first-order valence-corrected chi connectivity index (χ1v) is 10.6. The van der Waals surface area contributed by atoms with Crippen LogP contribution in [0.3, 0.4) is 0 Å². The highest BCUT2D eigenvalue weighted by molar-refractivity contribution is 7.87. The molecule has 2 aromatic rings. The molecule has 0 fully saturated rings. The Morgan fingerprint density at radius 3 is 2.63 bits per heavy atom. The number of carboxylic acid groups (broad SMARTS) is 1. The predicted octanol–water partition coefficient (Wildman–Crippen LogP) is 2.09. The minimum atomic E-state index is -3.71. The molecule has 1 unspecified atom stereocenters. The van der Waals surface area contributed by atoms with Gasteiger partial charge in [-0.05, 0) is 43.5 Å². The second-order valence-corrected chi connectivity index (χ2v) is 7.98. The molecule has 0 aliphatic heterocycles. The molecule has 0 saturated carbocycles. The van der Waals surface area contributed by atoms with E-state index in [0.717, 1.165) is 16.3 Å². The number of hydrogen-bond acceptors (Lipinski definition) is 6. The zero-order chi connectivity index (χ0) is 19.9. The van der Waals surface area contributed by atoms with Gasteiger partial charge in [0.1, 0.15) is 10.8 Å². The summed E-state index contributed by atoms with van der Waals surface area (Å²) >= 11 is 1.43. The molecule has 1 aromatic carbocycles. The largest absolute Gasteiger partial charge is 0.497 e. The molecule has 1 heterocycles. The first kappa shape index (κ1) is 21.1. The molecule has 0 radical (unpaired) electrons. The quantitative estimate of drug-likeness (QED) is 0.438. The summed E-state index contributed by atoms with van der Waals surface area (Å²) in [6, 6.07) is 6.98. The minimum Gasteiger partial charge on any atom is -0.497 e. The Kier molecular flexibility index (Phi) is 7.54. The Balaban J connectivity index is 2.01. The summed E-state index contributed by atoms with van der Waals surface area (Å²) < 4.78 is 29.0. The second-order valence-electron chi connectivity index (χ2n) is 5.74. The van der Waals surface area contributed by atoms with Crippen LogP contribution in [0.25, 0.3) is 10.6 Å². The number of aromatic nitrogens is 1. The number of rotatable bonds is 10. The summed E-state index contributed by atoms with van der Waals surface area (Å²) in [6.07, 6.45) is 0.485. The summed E-state index contributed by atoms with van der Waals surface area (Å²) in [5.74, 6) is 0.744. The van der Waals surface area contributed by atoms with E-state index in [9.17, 15) is 13.2 Å². The number of unbranched alkanes of at least 4 members (excludes halogenated alkanes) is 1. The van der Waals surface area contributed by atoms with Gasteiger partial charge in [-0.25, -0.2) is 19.6 Å². The zero-order valence-electron chi connectivity index (χ0n) is 14.7. The fourth-order valence-electron chi connectivity index (χ4n) is 2.44. The average molecular weight is 415 g/mol. The number of hydrogen-bond donors (Lipinski definition) is 4. The lowest BCUT2D eigenvalue weighted by Gasteiger charge is -2.14. The normalized spacial score (nSPS) is 12.5. The minimum absolute atomic E-state index is 0.201. The van der Waals surface area contributed by atoms with Gasteiger partial charge in [0.05, 0.1) is 18.8 Å². The van der Waals surface area contributed by atoms with Crippen molar-refractivity contribution in [3.8, 4) is 16.3 Å². The first-order valence-electron chi connectivity index (χ1n) is 8.15. The van der Waals surface area contributed by atoms with Crippen LogP contribution in [0.5, 0.6) is 5.75 Å². The van der Waals surface area contributed by atoms with E-state index in [1.54, 1.807) is 7.11 Å². The van der Waals surface area contributed by atoms with Crippen LogP contribution in [0.15, 0.2) is 29.6 Å². The van der Waals surface area contributed by atoms with Crippen LogP contribution >= 0.6 is 11.3 Å². The van der Waals surface area contributed by atoms with Crippen LogP contribution in [0.4, 0.5) is 4.79 Å². The number of benzene rings is 1. The summed E-state index contributed by atoms with van der Waals surface area (Å²) in [5.41, 5.74) is 1.55. The number of nitrogens with two attached hydrogens (primary N) is 1. The summed E-state index contributed by atoms with van der Waals surface area (Å²) in [5, 5.41) is 19.0. The van der Waals surface area contributed by atoms with Crippen LogP contribution in [0.2, 0.25) is 0 Å². The van der Waals surface area contributed by atoms with Crippen LogP contribution in [0, 0.1) is 0 Å². The standard InChI is InChI=1S/C16H22N4O5S2/c1-25-12-7-5-11(6-8-12)15-19-14(10-26-15)13(20-16(21)22)4-2-3-9-18-27(17,23)24/h5-8,10,13,18,20H,2-4,9H2,1H3,(H,21,22)(H2,17,23,24). The number of thiazole rings is 1. The molecular weight excluding hydrogens is 392 g/mol. The molecule has 5 N–H and O–H groups in total. The lowest BCUT2D eigenvalue weighted by molar-refractivity contribution is 0.188. The fourth-order valence-corrected chi connectivity index (χ4v) is 3.75.